The number of nitrogens with zero attached hydrogens (tertiary/aromatic N) is 3. The fourth-order valence-corrected chi connectivity index (χ4v) is 7.28. The summed E-state index contributed by atoms with van der Waals surface area (Å²) in [5.41, 5.74) is 10.2. The van der Waals surface area contributed by atoms with Gasteiger partial charge in [-0.1, -0.05) is 109 Å². The Morgan fingerprint density at radius 2 is 1.47 bits per heavy atom. The molecule has 11 heteroatoms. The molecule has 2 heterocycles. The number of benzene rings is 5. The number of methoxy groups -OCH3 is 1. The number of carboxylic acid groups (broad SMARTS) is 1. The maximum Gasteiger partial charge on any atom is 0.407 e. The van der Waals surface area contributed by atoms with Crippen molar-refractivity contribution in [2.45, 2.75) is 12.0 Å². The highest BCUT2D eigenvalue weighted by Crippen LogP contribution is 2.44. The van der Waals surface area contributed by atoms with Crippen molar-refractivity contribution in [1.82, 2.24) is 14.7 Å². The zero-order valence-corrected chi connectivity index (χ0v) is 28.4. The lowest BCUT2D eigenvalue weighted by Gasteiger charge is -2.37. The number of carbonyl (C=O) groups is 3. The lowest BCUT2D eigenvalue weighted by molar-refractivity contribution is -0.119. The minimum Gasteiger partial charge on any atom is -0.465 e. The maximum atomic E-state index is 13.8. The third-order valence-electron chi connectivity index (χ3n) is 9.50. The number of amides is 2. The van der Waals surface area contributed by atoms with E-state index in [2.05, 4.69) is 41.7 Å². The first-order chi connectivity index (χ1) is 24.7. The van der Waals surface area contributed by atoms with Gasteiger partial charge in [0.1, 0.15) is 5.54 Å². The van der Waals surface area contributed by atoms with Crippen molar-refractivity contribution in [3.63, 3.8) is 0 Å². The van der Waals surface area contributed by atoms with E-state index in [1.54, 1.807) is 6.07 Å². The molecule has 2 amide bonds. The SMILES string of the molecule is COC(=O)c1cc(-c2ccc3c(c2)c(NC(=O)[C@@H]2CCN(C(=O)O)C2)nn3C(c2ccccc2)(c2ccccc2)c2ccccc2)c(Cl)cc1N. The van der Waals surface area contributed by atoms with Crippen molar-refractivity contribution in [2.75, 3.05) is 31.2 Å². The minimum absolute atomic E-state index is 0.0877. The van der Waals surface area contributed by atoms with Crippen molar-refractivity contribution in [3.8, 4) is 11.1 Å². The van der Waals surface area contributed by atoms with Crippen LogP contribution in [0.2, 0.25) is 5.02 Å². The van der Waals surface area contributed by atoms with Gasteiger partial charge in [-0.2, -0.15) is 5.10 Å². The number of aromatic nitrogens is 2. The van der Waals surface area contributed by atoms with Crippen LogP contribution in [0.1, 0.15) is 33.5 Å². The largest absolute Gasteiger partial charge is 0.465 e. The smallest absolute Gasteiger partial charge is 0.407 e. The molecule has 1 atom stereocenters. The van der Waals surface area contributed by atoms with Crippen molar-refractivity contribution in [2.24, 2.45) is 5.92 Å². The van der Waals surface area contributed by atoms with Crippen LogP contribution >= 0.6 is 11.6 Å². The molecule has 0 bridgehead atoms. The minimum atomic E-state index is -1.06. The van der Waals surface area contributed by atoms with E-state index in [-0.39, 0.29) is 36.1 Å². The first-order valence-electron chi connectivity index (χ1n) is 16.4. The van der Waals surface area contributed by atoms with E-state index < -0.39 is 23.5 Å². The Kier molecular flexibility index (Phi) is 8.93. The Bertz CT molecular complexity index is 2160. The fourth-order valence-electron chi connectivity index (χ4n) is 7.00. The average Bonchev–Trinajstić information content (AvgIpc) is 3.80. The first-order valence-corrected chi connectivity index (χ1v) is 16.8. The first kappa shape index (κ1) is 33.4. The van der Waals surface area contributed by atoms with Gasteiger partial charge >= 0.3 is 12.1 Å². The predicted octanol–water partition coefficient (Wildman–Crippen LogP) is 7.50. The van der Waals surface area contributed by atoms with Crippen LogP contribution in [0.5, 0.6) is 0 Å². The molecule has 0 radical (unpaired) electrons. The van der Waals surface area contributed by atoms with Crippen LogP contribution in [0, 0.1) is 5.92 Å². The molecule has 1 aromatic heterocycles. The van der Waals surface area contributed by atoms with Crippen LogP contribution in [-0.4, -0.2) is 58.0 Å². The van der Waals surface area contributed by atoms with Gasteiger partial charge in [-0.3, -0.25) is 4.79 Å². The van der Waals surface area contributed by atoms with Gasteiger partial charge in [-0.25, -0.2) is 14.3 Å². The molecule has 5 aromatic carbocycles. The molecule has 7 rings (SSSR count). The molecule has 1 saturated heterocycles. The van der Waals surface area contributed by atoms with Gasteiger partial charge in [0.15, 0.2) is 5.82 Å². The van der Waals surface area contributed by atoms with Gasteiger partial charge in [0.2, 0.25) is 5.91 Å². The fraction of sp³-hybridized carbons (Fsp3) is 0.150. The zero-order valence-electron chi connectivity index (χ0n) is 27.6. The quantitative estimate of drug-likeness (QED) is 0.0849. The number of carbonyl (C=O) groups excluding carboxylic acids is 2. The number of nitrogens with one attached hydrogen (secondary N) is 1. The number of hydrogen-bond donors (Lipinski definition) is 3. The van der Waals surface area contributed by atoms with Gasteiger partial charge in [0, 0.05) is 29.7 Å². The molecule has 4 N–H and O–H groups in total. The number of halogens is 1. The molecule has 0 saturated carbocycles. The number of rotatable bonds is 8. The number of fused-ring (bicyclic) bond motifs is 1. The highest BCUT2D eigenvalue weighted by atomic mass is 35.5. The summed E-state index contributed by atoms with van der Waals surface area (Å²) in [4.78, 5) is 39.3. The van der Waals surface area contributed by atoms with Gasteiger partial charge < -0.3 is 25.8 Å². The number of likely N-dealkylation sites (tertiary alicyclic amines) is 1. The monoisotopic (exact) mass is 699 g/mol. The third kappa shape index (κ3) is 5.93. The number of anilines is 2. The lowest BCUT2D eigenvalue weighted by Crippen LogP contribution is -2.38. The molecule has 0 aliphatic carbocycles. The van der Waals surface area contributed by atoms with E-state index in [1.807, 2.05) is 77.5 Å². The van der Waals surface area contributed by atoms with Crippen LogP contribution in [0.4, 0.5) is 16.3 Å². The van der Waals surface area contributed by atoms with Gasteiger partial charge in [0.05, 0.1) is 29.1 Å². The Labute approximate surface area is 299 Å². The number of esters is 1. The second kappa shape index (κ2) is 13.6. The number of ether oxygens (including phenoxy) is 1. The summed E-state index contributed by atoms with van der Waals surface area (Å²) >= 11 is 6.73. The van der Waals surface area contributed by atoms with Crippen LogP contribution < -0.4 is 11.1 Å². The summed E-state index contributed by atoms with van der Waals surface area (Å²) in [6.07, 6.45) is -0.670. The standard InChI is InChI=1S/C40H34ClN5O5/c1-51-38(48)31-22-30(33(41)23-34(31)42)25-17-18-35-32(21-25)36(43-37(47)26-19-20-45(24-26)39(49)50)44-46(35)40(27-11-5-2-6-12-27,28-13-7-3-8-14-28)29-15-9-4-10-16-29/h2-18,21-23,26H,19-20,24,42H2,1H3,(H,49,50)(H,43,44,47)/t26-/m1/s1. The normalized spacial score (nSPS) is 14.4. The number of hydrogen-bond acceptors (Lipinski definition) is 6. The average molecular weight is 700 g/mol. The van der Waals surface area contributed by atoms with Crippen molar-refractivity contribution in [3.05, 3.63) is 149 Å². The Balaban J connectivity index is 1.50. The van der Waals surface area contributed by atoms with Crippen molar-refractivity contribution >= 4 is 52.0 Å². The van der Waals surface area contributed by atoms with E-state index in [4.69, 9.17) is 27.2 Å². The van der Waals surface area contributed by atoms with Gasteiger partial charge in [0.25, 0.3) is 0 Å². The van der Waals surface area contributed by atoms with E-state index in [9.17, 15) is 19.5 Å². The molecular formula is C40H34ClN5O5. The van der Waals surface area contributed by atoms with Gasteiger partial charge in [-0.15, -0.1) is 0 Å². The third-order valence-corrected chi connectivity index (χ3v) is 9.81. The number of nitrogen functional groups attached to an aromatic ring is 1. The lowest BCUT2D eigenvalue weighted by atomic mass is 9.77. The zero-order chi connectivity index (χ0) is 35.7. The molecule has 1 aliphatic heterocycles. The highest BCUT2D eigenvalue weighted by molar-refractivity contribution is 6.34. The summed E-state index contributed by atoms with van der Waals surface area (Å²) < 4.78 is 6.89. The van der Waals surface area contributed by atoms with Crippen LogP contribution in [-0.2, 0) is 15.1 Å². The van der Waals surface area contributed by atoms with E-state index in [1.165, 1.54) is 18.1 Å². The predicted molar refractivity (Wildman–Crippen MR) is 197 cm³/mol. The molecular weight excluding hydrogens is 666 g/mol. The molecule has 0 spiro atoms. The van der Waals surface area contributed by atoms with Crippen LogP contribution in [0.3, 0.4) is 0 Å². The maximum absolute atomic E-state index is 13.8. The highest BCUT2D eigenvalue weighted by Gasteiger charge is 2.41. The molecule has 0 unspecified atom stereocenters. The van der Waals surface area contributed by atoms with Crippen LogP contribution in [0.15, 0.2) is 121 Å². The van der Waals surface area contributed by atoms with E-state index >= 15 is 0 Å². The van der Waals surface area contributed by atoms with E-state index in [0.717, 1.165) is 16.7 Å². The molecule has 10 nitrogen and oxygen atoms in total. The summed E-state index contributed by atoms with van der Waals surface area (Å²) in [7, 11) is 1.28. The molecule has 1 fully saturated rings. The molecule has 51 heavy (non-hydrogen) atoms. The topological polar surface area (TPSA) is 140 Å². The number of nitrogens with two attached hydrogens (primary N) is 1. The van der Waals surface area contributed by atoms with Crippen molar-refractivity contribution in [1.29, 1.82) is 0 Å². The molecule has 6 aromatic rings. The summed E-state index contributed by atoms with van der Waals surface area (Å²) in [6, 6.07) is 38.9. The second-order valence-corrected chi connectivity index (χ2v) is 12.8. The van der Waals surface area contributed by atoms with Gasteiger partial charge in [-0.05, 0) is 52.9 Å². The Morgan fingerprint density at radius 3 is 2.00 bits per heavy atom. The van der Waals surface area contributed by atoms with Crippen molar-refractivity contribution < 1.29 is 24.2 Å². The Hall–Kier alpha value is -6.13. The summed E-state index contributed by atoms with van der Waals surface area (Å²) in [6.45, 7) is 0.356. The summed E-state index contributed by atoms with van der Waals surface area (Å²) in [5.74, 6) is -1.20. The summed E-state index contributed by atoms with van der Waals surface area (Å²) in [5, 5.41) is 18.7. The molecule has 1 aliphatic rings. The second-order valence-electron chi connectivity index (χ2n) is 12.4. The van der Waals surface area contributed by atoms with E-state index in [0.29, 0.717) is 33.5 Å². The van der Waals surface area contributed by atoms with Crippen LogP contribution in [0.25, 0.3) is 22.0 Å². The Morgan fingerprint density at radius 1 is 0.882 bits per heavy atom. The molecule has 256 valence electrons.